The highest BCUT2D eigenvalue weighted by molar-refractivity contribution is 6.01. The minimum absolute atomic E-state index is 0.0180. The minimum Gasteiger partial charge on any atom is -0.444 e. The lowest BCUT2D eigenvalue weighted by atomic mass is 9.87. The molecule has 3 aromatic rings. The standard InChI is InChI=1S/C27H29N3O4/c1-16-22(21-10-11-24(31)30-25(21)32)13-18-9-8-17(12-23(18)28-16)15-34-26(33)29-20-7-5-6-19(14-20)27(2,3)4/h5-9,12-14,21H,10-11,15H2,1-4H3,(H,29,33)(H,30,31,32). The number of aryl methyl sites for hydroxylation is 1. The van der Waals surface area contributed by atoms with E-state index in [4.69, 9.17) is 4.74 Å². The van der Waals surface area contributed by atoms with E-state index in [-0.39, 0.29) is 29.8 Å². The van der Waals surface area contributed by atoms with Crippen LogP contribution in [0, 0.1) is 6.92 Å². The molecule has 1 aliphatic heterocycles. The van der Waals surface area contributed by atoms with Gasteiger partial charge in [-0.3, -0.25) is 25.2 Å². The molecule has 1 aliphatic rings. The second-order valence-electron chi connectivity index (χ2n) is 9.73. The smallest absolute Gasteiger partial charge is 0.411 e. The molecule has 1 unspecified atom stereocenters. The number of carbonyl (C=O) groups is 3. The van der Waals surface area contributed by atoms with Crippen LogP contribution in [0.25, 0.3) is 10.9 Å². The quantitative estimate of drug-likeness (QED) is 0.529. The lowest BCUT2D eigenvalue weighted by molar-refractivity contribution is -0.134. The maximum absolute atomic E-state index is 12.3. The van der Waals surface area contributed by atoms with Gasteiger partial charge in [-0.25, -0.2) is 4.79 Å². The first-order valence-electron chi connectivity index (χ1n) is 11.4. The van der Waals surface area contributed by atoms with Crippen molar-refractivity contribution in [1.82, 2.24) is 10.3 Å². The molecular formula is C27H29N3O4. The van der Waals surface area contributed by atoms with Crippen LogP contribution >= 0.6 is 0 Å². The third-order valence-corrected chi connectivity index (χ3v) is 6.07. The largest absolute Gasteiger partial charge is 0.444 e. The zero-order valence-electron chi connectivity index (χ0n) is 19.9. The molecule has 0 bridgehead atoms. The van der Waals surface area contributed by atoms with E-state index in [0.717, 1.165) is 33.3 Å². The second kappa shape index (κ2) is 9.25. The van der Waals surface area contributed by atoms with Crippen LogP contribution in [0.2, 0.25) is 0 Å². The number of hydrogen-bond donors (Lipinski definition) is 2. The third kappa shape index (κ3) is 5.25. The van der Waals surface area contributed by atoms with Crippen molar-refractivity contribution in [1.29, 1.82) is 0 Å². The number of fused-ring (bicyclic) bond motifs is 1. The highest BCUT2D eigenvalue weighted by Crippen LogP contribution is 2.30. The van der Waals surface area contributed by atoms with Gasteiger partial charge in [-0.1, -0.05) is 45.0 Å². The van der Waals surface area contributed by atoms with Gasteiger partial charge in [-0.15, -0.1) is 0 Å². The Morgan fingerprint density at radius 3 is 2.68 bits per heavy atom. The fourth-order valence-corrected chi connectivity index (χ4v) is 4.12. The van der Waals surface area contributed by atoms with Crippen molar-refractivity contribution in [2.45, 2.75) is 58.5 Å². The number of benzene rings is 2. The van der Waals surface area contributed by atoms with Gasteiger partial charge in [0, 0.05) is 23.2 Å². The molecule has 7 heteroatoms. The lowest BCUT2D eigenvalue weighted by Gasteiger charge is -2.22. The summed E-state index contributed by atoms with van der Waals surface area (Å²) in [5, 5.41) is 6.08. The monoisotopic (exact) mass is 459 g/mol. The molecule has 2 aromatic carbocycles. The molecule has 0 aliphatic carbocycles. The zero-order chi connectivity index (χ0) is 24.5. The number of pyridine rings is 1. The van der Waals surface area contributed by atoms with E-state index in [1.807, 2.05) is 55.5 Å². The van der Waals surface area contributed by atoms with Crippen LogP contribution < -0.4 is 10.6 Å². The van der Waals surface area contributed by atoms with Crippen molar-refractivity contribution in [3.63, 3.8) is 0 Å². The summed E-state index contributed by atoms with van der Waals surface area (Å²) < 4.78 is 5.42. The molecule has 7 nitrogen and oxygen atoms in total. The Morgan fingerprint density at radius 1 is 1.15 bits per heavy atom. The van der Waals surface area contributed by atoms with Gasteiger partial charge in [0.1, 0.15) is 6.61 Å². The van der Waals surface area contributed by atoms with Crippen LogP contribution in [0.5, 0.6) is 0 Å². The van der Waals surface area contributed by atoms with Crippen molar-refractivity contribution in [2.24, 2.45) is 0 Å². The molecular weight excluding hydrogens is 430 g/mol. The fourth-order valence-electron chi connectivity index (χ4n) is 4.12. The summed E-state index contributed by atoms with van der Waals surface area (Å²) in [4.78, 5) is 40.7. The predicted molar refractivity (Wildman–Crippen MR) is 131 cm³/mol. The number of imide groups is 1. The SMILES string of the molecule is Cc1nc2cc(COC(=O)Nc3cccc(C(C)(C)C)c3)ccc2cc1C1CCC(=O)NC1=O. The minimum atomic E-state index is -0.525. The normalized spacial score (nSPS) is 16.3. The number of nitrogens with zero attached hydrogens (tertiary/aromatic N) is 1. The Kier molecular flexibility index (Phi) is 6.37. The van der Waals surface area contributed by atoms with E-state index < -0.39 is 6.09 Å². The first kappa shape index (κ1) is 23.4. The van der Waals surface area contributed by atoms with Crippen molar-refractivity contribution in [3.05, 3.63) is 70.9 Å². The van der Waals surface area contributed by atoms with E-state index >= 15 is 0 Å². The Labute approximate surface area is 198 Å². The first-order valence-corrected chi connectivity index (χ1v) is 11.4. The Balaban J connectivity index is 1.44. The zero-order valence-corrected chi connectivity index (χ0v) is 19.9. The Bertz CT molecular complexity index is 1280. The highest BCUT2D eigenvalue weighted by atomic mass is 16.5. The Morgan fingerprint density at radius 2 is 1.94 bits per heavy atom. The van der Waals surface area contributed by atoms with Gasteiger partial charge >= 0.3 is 6.09 Å². The number of nitrogens with one attached hydrogen (secondary N) is 2. The van der Waals surface area contributed by atoms with E-state index in [1.165, 1.54) is 0 Å². The summed E-state index contributed by atoms with van der Waals surface area (Å²) in [6.45, 7) is 8.33. The molecule has 34 heavy (non-hydrogen) atoms. The summed E-state index contributed by atoms with van der Waals surface area (Å²) in [5.74, 6) is -0.883. The molecule has 1 aromatic heterocycles. The molecule has 3 amide bonds. The van der Waals surface area contributed by atoms with Crippen molar-refractivity contribution in [2.75, 3.05) is 5.32 Å². The number of amides is 3. The van der Waals surface area contributed by atoms with Gasteiger partial charge in [0.2, 0.25) is 11.8 Å². The van der Waals surface area contributed by atoms with Gasteiger partial charge in [0.05, 0.1) is 11.4 Å². The number of piperidine rings is 1. The summed E-state index contributed by atoms with van der Waals surface area (Å²) >= 11 is 0. The first-order chi connectivity index (χ1) is 16.1. The predicted octanol–water partition coefficient (Wildman–Crippen LogP) is 5.11. The number of aromatic nitrogens is 1. The molecule has 4 rings (SSSR count). The molecule has 1 saturated heterocycles. The molecule has 2 heterocycles. The van der Waals surface area contributed by atoms with Gasteiger partial charge in [0.25, 0.3) is 0 Å². The number of carbonyl (C=O) groups excluding carboxylic acids is 3. The molecule has 1 fully saturated rings. The fraction of sp³-hybridized carbons (Fsp3) is 0.333. The maximum atomic E-state index is 12.3. The number of ether oxygens (including phenoxy) is 1. The van der Waals surface area contributed by atoms with Crippen LogP contribution in [0.4, 0.5) is 10.5 Å². The van der Waals surface area contributed by atoms with Crippen LogP contribution in [0.1, 0.15) is 61.9 Å². The van der Waals surface area contributed by atoms with E-state index in [1.54, 1.807) is 0 Å². The molecule has 1 atom stereocenters. The number of rotatable bonds is 4. The summed E-state index contributed by atoms with van der Waals surface area (Å²) in [6, 6.07) is 15.3. The highest BCUT2D eigenvalue weighted by Gasteiger charge is 2.29. The van der Waals surface area contributed by atoms with E-state index in [9.17, 15) is 14.4 Å². The van der Waals surface area contributed by atoms with Gasteiger partial charge in [-0.05, 0) is 59.7 Å². The van der Waals surface area contributed by atoms with Gasteiger partial charge < -0.3 is 4.74 Å². The number of hydrogen-bond acceptors (Lipinski definition) is 5. The lowest BCUT2D eigenvalue weighted by Crippen LogP contribution is -2.39. The maximum Gasteiger partial charge on any atom is 0.411 e. The summed E-state index contributed by atoms with van der Waals surface area (Å²) in [5.41, 5.74) is 4.94. The van der Waals surface area contributed by atoms with E-state index in [2.05, 4.69) is 36.4 Å². The molecule has 2 N–H and O–H groups in total. The van der Waals surface area contributed by atoms with Crippen LogP contribution in [-0.4, -0.2) is 22.9 Å². The molecule has 0 saturated carbocycles. The second-order valence-corrected chi connectivity index (χ2v) is 9.73. The average molecular weight is 460 g/mol. The van der Waals surface area contributed by atoms with Crippen LogP contribution in [0.15, 0.2) is 48.5 Å². The van der Waals surface area contributed by atoms with Gasteiger partial charge in [-0.2, -0.15) is 0 Å². The van der Waals surface area contributed by atoms with Crippen molar-refractivity contribution in [3.8, 4) is 0 Å². The molecule has 0 spiro atoms. The Hall–Kier alpha value is -3.74. The van der Waals surface area contributed by atoms with Crippen LogP contribution in [-0.2, 0) is 26.3 Å². The van der Waals surface area contributed by atoms with Gasteiger partial charge in [0.15, 0.2) is 0 Å². The third-order valence-electron chi connectivity index (χ3n) is 6.07. The van der Waals surface area contributed by atoms with E-state index in [0.29, 0.717) is 18.5 Å². The topological polar surface area (TPSA) is 97.4 Å². The molecule has 0 radical (unpaired) electrons. The van der Waals surface area contributed by atoms with Crippen LogP contribution in [0.3, 0.4) is 0 Å². The summed E-state index contributed by atoms with van der Waals surface area (Å²) in [7, 11) is 0. The molecule has 176 valence electrons. The van der Waals surface area contributed by atoms with Crippen molar-refractivity contribution < 1.29 is 19.1 Å². The average Bonchev–Trinajstić information content (AvgIpc) is 2.77. The van der Waals surface area contributed by atoms with Crippen molar-refractivity contribution >= 4 is 34.5 Å². The summed E-state index contributed by atoms with van der Waals surface area (Å²) in [6.07, 6.45) is 0.286. The number of anilines is 1.